The minimum absolute atomic E-state index is 0.241. The molecule has 1 amide bonds. The standard InChI is InChI=1S/C8H6F4N2O/c9-5-2-1-3-13-6(5)4-14-7(15)8(10,11)12/h1-3H,4H2,(H,14,15). The van der Waals surface area contributed by atoms with Crippen molar-refractivity contribution in [2.45, 2.75) is 12.7 Å². The van der Waals surface area contributed by atoms with Gasteiger partial charge in [-0.25, -0.2) is 4.39 Å². The van der Waals surface area contributed by atoms with Gasteiger partial charge in [0.25, 0.3) is 0 Å². The van der Waals surface area contributed by atoms with E-state index in [-0.39, 0.29) is 5.69 Å². The lowest BCUT2D eigenvalue weighted by Gasteiger charge is -2.07. The Morgan fingerprint density at radius 3 is 2.67 bits per heavy atom. The van der Waals surface area contributed by atoms with E-state index in [1.807, 2.05) is 0 Å². The molecule has 0 atom stereocenters. The van der Waals surface area contributed by atoms with Crippen LogP contribution in [-0.4, -0.2) is 17.1 Å². The summed E-state index contributed by atoms with van der Waals surface area (Å²) in [6.45, 7) is -0.592. The van der Waals surface area contributed by atoms with Gasteiger partial charge in [0, 0.05) is 6.20 Å². The summed E-state index contributed by atoms with van der Waals surface area (Å²) in [5.41, 5.74) is -0.241. The highest BCUT2D eigenvalue weighted by molar-refractivity contribution is 5.81. The van der Waals surface area contributed by atoms with Gasteiger partial charge in [-0.1, -0.05) is 0 Å². The summed E-state index contributed by atoms with van der Waals surface area (Å²) in [5.74, 6) is -2.88. The molecular formula is C8H6F4N2O. The number of aromatic nitrogens is 1. The molecule has 0 aromatic carbocycles. The maximum atomic E-state index is 12.8. The molecule has 0 aliphatic heterocycles. The molecule has 82 valence electrons. The largest absolute Gasteiger partial charge is 0.471 e. The van der Waals surface area contributed by atoms with Gasteiger partial charge in [-0.15, -0.1) is 0 Å². The highest BCUT2D eigenvalue weighted by Gasteiger charge is 2.38. The van der Waals surface area contributed by atoms with Crippen LogP contribution >= 0.6 is 0 Å². The Bertz CT molecular complexity index is 364. The van der Waals surface area contributed by atoms with Gasteiger partial charge in [0.2, 0.25) is 0 Å². The van der Waals surface area contributed by atoms with Crippen molar-refractivity contribution in [2.75, 3.05) is 0 Å². The fourth-order valence-electron chi connectivity index (χ4n) is 0.813. The molecule has 15 heavy (non-hydrogen) atoms. The molecule has 1 aromatic heterocycles. The zero-order valence-corrected chi connectivity index (χ0v) is 7.31. The number of hydrogen-bond acceptors (Lipinski definition) is 2. The van der Waals surface area contributed by atoms with E-state index in [1.54, 1.807) is 0 Å². The number of carbonyl (C=O) groups is 1. The lowest BCUT2D eigenvalue weighted by Crippen LogP contribution is -2.36. The fraction of sp³-hybridized carbons (Fsp3) is 0.250. The Labute approximate surface area is 82.1 Å². The number of hydrogen-bond donors (Lipinski definition) is 1. The maximum Gasteiger partial charge on any atom is 0.471 e. The average molecular weight is 222 g/mol. The third kappa shape index (κ3) is 3.19. The molecule has 0 unspecified atom stereocenters. The molecule has 0 fully saturated rings. The molecule has 1 rings (SSSR count). The molecule has 7 heteroatoms. The van der Waals surface area contributed by atoms with E-state index in [0.29, 0.717) is 0 Å². The van der Waals surface area contributed by atoms with Crippen LogP contribution in [-0.2, 0) is 11.3 Å². The number of amides is 1. The first-order valence-electron chi connectivity index (χ1n) is 3.85. The molecule has 3 nitrogen and oxygen atoms in total. The first-order chi connectivity index (χ1) is 6.91. The second-order valence-corrected chi connectivity index (χ2v) is 2.61. The highest BCUT2D eigenvalue weighted by Crippen LogP contribution is 2.14. The van der Waals surface area contributed by atoms with Crippen molar-refractivity contribution in [3.05, 3.63) is 29.8 Å². The van der Waals surface area contributed by atoms with Crippen LogP contribution in [0.15, 0.2) is 18.3 Å². The van der Waals surface area contributed by atoms with Gasteiger partial charge in [-0.05, 0) is 12.1 Å². The van der Waals surface area contributed by atoms with Crippen molar-refractivity contribution in [1.82, 2.24) is 10.3 Å². The first kappa shape index (κ1) is 11.4. The predicted octanol–water partition coefficient (Wildman–Crippen LogP) is 1.40. The van der Waals surface area contributed by atoms with Gasteiger partial charge in [0.1, 0.15) is 5.82 Å². The number of pyridine rings is 1. The van der Waals surface area contributed by atoms with Crippen LogP contribution in [0.3, 0.4) is 0 Å². The third-order valence-corrected chi connectivity index (χ3v) is 1.51. The van der Waals surface area contributed by atoms with E-state index in [9.17, 15) is 22.4 Å². The van der Waals surface area contributed by atoms with Crippen LogP contribution in [0.25, 0.3) is 0 Å². The summed E-state index contributed by atoms with van der Waals surface area (Å²) < 4.78 is 48.0. The molecule has 0 radical (unpaired) electrons. The molecule has 0 spiro atoms. The monoisotopic (exact) mass is 222 g/mol. The van der Waals surface area contributed by atoms with Crippen LogP contribution in [0.5, 0.6) is 0 Å². The number of rotatable bonds is 2. The minimum atomic E-state index is -4.97. The summed E-state index contributed by atoms with van der Waals surface area (Å²) in [6.07, 6.45) is -3.75. The normalized spacial score (nSPS) is 11.2. The zero-order chi connectivity index (χ0) is 11.5. The van der Waals surface area contributed by atoms with Crippen LogP contribution in [0, 0.1) is 5.82 Å². The van der Waals surface area contributed by atoms with Gasteiger partial charge in [-0.3, -0.25) is 9.78 Å². The maximum absolute atomic E-state index is 12.8. The Balaban J connectivity index is 2.59. The van der Waals surface area contributed by atoms with Gasteiger partial charge in [0.05, 0.1) is 12.2 Å². The second kappa shape index (κ2) is 4.24. The summed E-state index contributed by atoms with van der Waals surface area (Å²) in [5, 5.41) is 1.51. The van der Waals surface area contributed by atoms with E-state index in [4.69, 9.17) is 0 Å². The summed E-state index contributed by atoms with van der Waals surface area (Å²) in [4.78, 5) is 13.8. The summed E-state index contributed by atoms with van der Waals surface area (Å²) in [6, 6.07) is 2.34. The third-order valence-electron chi connectivity index (χ3n) is 1.51. The number of halogens is 4. The predicted molar refractivity (Wildman–Crippen MR) is 42.1 cm³/mol. The molecular weight excluding hydrogens is 216 g/mol. The van der Waals surface area contributed by atoms with Gasteiger partial charge in [0.15, 0.2) is 0 Å². The zero-order valence-electron chi connectivity index (χ0n) is 7.31. The molecule has 0 aliphatic carbocycles. The lowest BCUT2D eigenvalue weighted by atomic mass is 10.3. The van der Waals surface area contributed by atoms with E-state index >= 15 is 0 Å². The quantitative estimate of drug-likeness (QED) is 0.768. The molecule has 0 bridgehead atoms. The molecule has 0 aliphatic rings. The fourth-order valence-corrected chi connectivity index (χ4v) is 0.813. The van der Waals surface area contributed by atoms with Crippen molar-refractivity contribution in [3.63, 3.8) is 0 Å². The number of nitrogens with zero attached hydrogens (tertiary/aromatic N) is 1. The Kier molecular flexibility index (Phi) is 3.23. The van der Waals surface area contributed by atoms with Gasteiger partial charge < -0.3 is 5.32 Å². The van der Waals surface area contributed by atoms with E-state index in [1.165, 1.54) is 17.6 Å². The minimum Gasteiger partial charge on any atom is -0.343 e. The van der Waals surface area contributed by atoms with Gasteiger partial charge in [-0.2, -0.15) is 13.2 Å². The van der Waals surface area contributed by atoms with Crippen LogP contribution in [0.1, 0.15) is 5.69 Å². The smallest absolute Gasteiger partial charge is 0.343 e. The first-order valence-corrected chi connectivity index (χ1v) is 3.85. The van der Waals surface area contributed by atoms with Crippen molar-refractivity contribution in [2.24, 2.45) is 0 Å². The van der Waals surface area contributed by atoms with Crippen molar-refractivity contribution in [1.29, 1.82) is 0 Å². The molecule has 1 heterocycles. The Hall–Kier alpha value is -1.66. The topological polar surface area (TPSA) is 42.0 Å². The Morgan fingerprint density at radius 2 is 2.13 bits per heavy atom. The van der Waals surface area contributed by atoms with Gasteiger partial charge >= 0.3 is 12.1 Å². The van der Waals surface area contributed by atoms with Crippen LogP contribution in [0.4, 0.5) is 17.6 Å². The van der Waals surface area contributed by atoms with Crippen molar-refractivity contribution >= 4 is 5.91 Å². The molecule has 0 saturated heterocycles. The average Bonchev–Trinajstić information content (AvgIpc) is 2.14. The number of nitrogens with one attached hydrogen (secondary N) is 1. The SMILES string of the molecule is O=C(NCc1ncccc1F)C(F)(F)F. The number of carbonyl (C=O) groups excluding carboxylic acids is 1. The van der Waals surface area contributed by atoms with Crippen molar-refractivity contribution < 1.29 is 22.4 Å². The van der Waals surface area contributed by atoms with E-state index < -0.39 is 24.4 Å². The molecule has 0 saturated carbocycles. The Morgan fingerprint density at radius 1 is 1.47 bits per heavy atom. The van der Waals surface area contributed by atoms with Crippen LogP contribution < -0.4 is 5.32 Å². The van der Waals surface area contributed by atoms with Crippen molar-refractivity contribution in [3.8, 4) is 0 Å². The summed E-state index contributed by atoms with van der Waals surface area (Å²) in [7, 11) is 0. The highest BCUT2D eigenvalue weighted by atomic mass is 19.4. The van der Waals surface area contributed by atoms with Crippen LogP contribution in [0.2, 0.25) is 0 Å². The molecule has 1 aromatic rings. The molecule has 1 N–H and O–H groups in total. The number of alkyl halides is 3. The second-order valence-electron chi connectivity index (χ2n) is 2.61. The summed E-state index contributed by atoms with van der Waals surface area (Å²) >= 11 is 0. The van der Waals surface area contributed by atoms with E-state index in [2.05, 4.69) is 4.98 Å². The van der Waals surface area contributed by atoms with E-state index in [0.717, 1.165) is 6.07 Å². The lowest BCUT2D eigenvalue weighted by molar-refractivity contribution is -0.173.